The molecule has 1 aliphatic rings. The van der Waals surface area contributed by atoms with E-state index in [-0.39, 0.29) is 0 Å². The van der Waals surface area contributed by atoms with Crippen molar-refractivity contribution >= 4 is 0 Å². The lowest BCUT2D eigenvalue weighted by atomic mass is 10.2. The number of hydrogen-bond donors (Lipinski definition) is 1. The maximum Gasteiger partial charge on any atom is 0.0824 e. The van der Waals surface area contributed by atoms with Crippen molar-refractivity contribution in [3.05, 3.63) is 0 Å². The summed E-state index contributed by atoms with van der Waals surface area (Å²) >= 11 is 0. The molecule has 0 bridgehead atoms. The summed E-state index contributed by atoms with van der Waals surface area (Å²) in [6, 6.07) is 0. The highest BCUT2D eigenvalue weighted by atomic mass is 16.5. The van der Waals surface area contributed by atoms with Crippen molar-refractivity contribution in [2.45, 2.75) is 12.5 Å². The number of terminal acetylenes is 1. The van der Waals surface area contributed by atoms with Crippen LogP contribution in [-0.2, 0) is 4.74 Å². The van der Waals surface area contributed by atoms with E-state index >= 15 is 0 Å². The number of ether oxygens (including phenoxy) is 1. The van der Waals surface area contributed by atoms with Crippen LogP contribution in [0.3, 0.4) is 0 Å². The first-order valence-corrected chi connectivity index (χ1v) is 3.19. The second-order valence-corrected chi connectivity index (χ2v) is 2.11. The van der Waals surface area contributed by atoms with Crippen molar-refractivity contribution in [1.29, 1.82) is 0 Å². The molecule has 1 saturated heterocycles. The van der Waals surface area contributed by atoms with Crippen LogP contribution in [0.2, 0.25) is 0 Å². The average molecular weight is 125 g/mol. The van der Waals surface area contributed by atoms with Crippen molar-refractivity contribution in [1.82, 2.24) is 5.32 Å². The Balaban J connectivity index is 1.87. The summed E-state index contributed by atoms with van der Waals surface area (Å²) in [6.45, 7) is 2.69. The number of nitrogens with one attached hydrogen (secondary N) is 1. The molecule has 1 aliphatic heterocycles. The number of rotatable bonds is 3. The third-order valence-corrected chi connectivity index (χ3v) is 1.34. The van der Waals surface area contributed by atoms with E-state index in [9.17, 15) is 0 Å². The van der Waals surface area contributed by atoms with E-state index in [0.29, 0.717) is 12.7 Å². The van der Waals surface area contributed by atoms with Gasteiger partial charge in [0.15, 0.2) is 0 Å². The molecule has 9 heavy (non-hydrogen) atoms. The molecule has 1 N–H and O–H groups in total. The van der Waals surface area contributed by atoms with Gasteiger partial charge in [0.2, 0.25) is 0 Å². The molecule has 0 aromatic rings. The van der Waals surface area contributed by atoms with Crippen molar-refractivity contribution in [2.24, 2.45) is 0 Å². The van der Waals surface area contributed by atoms with E-state index in [0.717, 1.165) is 19.5 Å². The van der Waals surface area contributed by atoms with E-state index in [1.807, 2.05) is 0 Å². The second-order valence-electron chi connectivity index (χ2n) is 2.11. The van der Waals surface area contributed by atoms with Crippen LogP contribution in [0.4, 0.5) is 0 Å². The van der Waals surface area contributed by atoms with Crippen molar-refractivity contribution in [2.75, 3.05) is 19.7 Å². The molecule has 0 amide bonds. The Labute approximate surface area is 55.6 Å². The second kappa shape index (κ2) is 3.49. The van der Waals surface area contributed by atoms with E-state index in [2.05, 4.69) is 11.2 Å². The first kappa shape index (κ1) is 6.60. The van der Waals surface area contributed by atoms with E-state index in [4.69, 9.17) is 11.2 Å². The van der Waals surface area contributed by atoms with Crippen LogP contribution in [0, 0.1) is 12.3 Å². The quantitative estimate of drug-likeness (QED) is 0.423. The monoisotopic (exact) mass is 125 g/mol. The topological polar surface area (TPSA) is 21.3 Å². The zero-order valence-corrected chi connectivity index (χ0v) is 5.39. The minimum atomic E-state index is 0.429. The van der Waals surface area contributed by atoms with Gasteiger partial charge in [-0.2, -0.15) is 0 Å². The van der Waals surface area contributed by atoms with Crippen molar-refractivity contribution in [3.8, 4) is 12.3 Å². The maximum atomic E-state index is 5.31. The predicted octanol–water partition coefficient (Wildman–Crippen LogP) is -0.00190. The van der Waals surface area contributed by atoms with Crippen LogP contribution >= 0.6 is 0 Å². The fraction of sp³-hybridized carbons (Fsp3) is 0.714. The standard InChI is InChI=1S/C7H11NO/c1-2-3-4-9-7-5-8-6-7/h1,7-8H,3-6H2. The lowest BCUT2D eigenvalue weighted by molar-refractivity contribution is 0.0224. The van der Waals surface area contributed by atoms with Crippen molar-refractivity contribution in [3.63, 3.8) is 0 Å². The van der Waals surface area contributed by atoms with Gasteiger partial charge in [-0.05, 0) is 0 Å². The third kappa shape index (κ3) is 2.05. The molecule has 0 aromatic carbocycles. The molecule has 0 radical (unpaired) electrons. The normalized spacial score (nSPS) is 18.6. The smallest absolute Gasteiger partial charge is 0.0824 e. The SMILES string of the molecule is C#CCCOC1CNC1. The maximum absolute atomic E-state index is 5.31. The van der Waals surface area contributed by atoms with E-state index < -0.39 is 0 Å². The Morgan fingerprint density at radius 3 is 2.89 bits per heavy atom. The van der Waals surface area contributed by atoms with Crippen LogP contribution in [0.25, 0.3) is 0 Å². The molecule has 0 atom stereocenters. The highest BCUT2D eigenvalue weighted by Crippen LogP contribution is 1.97. The Morgan fingerprint density at radius 2 is 2.44 bits per heavy atom. The predicted molar refractivity (Wildman–Crippen MR) is 36.1 cm³/mol. The van der Waals surface area contributed by atoms with Gasteiger partial charge in [-0.1, -0.05) is 0 Å². The van der Waals surface area contributed by atoms with Gasteiger partial charge in [0.1, 0.15) is 0 Å². The fourth-order valence-electron chi connectivity index (χ4n) is 0.665. The van der Waals surface area contributed by atoms with Gasteiger partial charge in [0, 0.05) is 19.5 Å². The van der Waals surface area contributed by atoms with Gasteiger partial charge >= 0.3 is 0 Å². The Bertz CT molecular complexity index is 113. The molecule has 1 heterocycles. The molecular formula is C7H11NO. The lowest BCUT2D eigenvalue weighted by Gasteiger charge is -2.26. The zero-order chi connectivity index (χ0) is 6.53. The van der Waals surface area contributed by atoms with Crippen molar-refractivity contribution < 1.29 is 4.74 Å². The summed E-state index contributed by atoms with van der Waals surface area (Å²) in [7, 11) is 0. The minimum Gasteiger partial charge on any atom is -0.375 e. The zero-order valence-electron chi connectivity index (χ0n) is 5.39. The molecule has 0 spiro atoms. The van der Waals surface area contributed by atoms with Gasteiger partial charge in [0.05, 0.1) is 12.7 Å². The highest BCUT2D eigenvalue weighted by molar-refractivity contribution is 4.83. The summed E-state index contributed by atoms with van der Waals surface area (Å²) in [5.74, 6) is 2.53. The molecule has 1 rings (SSSR count). The van der Waals surface area contributed by atoms with Crippen LogP contribution in [0.5, 0.6) is 0 Å². The molecule has 0 saturated carbocycles. The van der Waals surface area contributed by atoms with E-state index in [1.165, 1.54) is 0 Å². The summed E-state index contributed by atoms with van der Waals surface area (Å²) in [5.41, 5.74) is 0. The average Bonchev–Trinajstić information content (AvgIpc) is 1.76. The van der Waals surface area contributed by atoms with Gasteiger partial charge < -0.3 is 10.1 Å². The first-order valence-electron chi connectivity index (χ1n) is 3.19. The lowest BCUT2D eigenvalue weighted by Crippen LogP contribution is -2.48. The Hall–Kier alpha value is -0.520. The highest BCUT2D eigenvalue weighted by Gasteiger charge is 2.15. The molecule has 50 valence electrons. The summed E-state index contributed by atoms with van der Waals surface area (Å²) in [5, 5.41) is 3.11. The van der Waals surface area contributed by atoms with Crippen LogP contribution in [-0.4, -0.2) is 25.8 Å². The van der Waals surface area contributed by atoms with Crippen LogP contribution in [0.1, 0.15) is 6.42 Å². The number of hydrogen-bond acceptors (Lipinski definition) is 2. The fourth-order valence-corrected chi connectivity index (χ4v) is 0.665. The largest absolute Gasteiger partial charge is 0.375 e. The molecule has 0 unspecified atom stereocenters. The van der Waals surface area contributed by atoms with Crippen LogP contribution in [0.15, 0.2) is 0 Å². The molecule has 1 fully saturated rings. The minimum absolute atomic E-state index is 0.429. The third-order valence-electron chi connectivity index (χ3n) is 1.34. The summed E-state index contributed by atoms with van der Waals surface area (Å²) in [6.07, 6.45) is 6.19. The molecule has 2 heteroatoms. The Kier molecular flexibility index (Phi) is 2.56. The van der Waals surface area contributed by atoms with Crippen LogP contribution < -0.4 is 5.32 Å². The summed E-state index contributed by atoms with van der Waals surface area (Å²) < 4.78 is 5.31. The molecular weight excluding hydrogens is 114 g/mol. The first-order chi connectivity index (χ1) is 4.43. The molecule has 0 aromatic heterocycles. The van der Waals surface area contributed by atoms with Gasteiger partial charge in [-0.3, -0.25) is 0 Å². The molecule has 2 nitrogen and oxygen atoms in total. The van der Waals surface area contributed by atoms with Gasteiger partial charge in [-0.15, -0.1) is 12.3 Å². The van der Waals surface area contributed by atoms with E-state index in [1.54, 1.807) is 0 Å². The summed E-state index contributed by atoms with van der Waals surface area (Å²) in [4.78, 5) is 0. The van der Waals surface area contributed by atoms with Gasteiger partial charge in [-0.25, -0.2) is 0 Å². The molecule has 0 aliphatic carbocycles. The van der Waals surface area contributed by atoms with Gasteiger partial charge in [0.25, 0.3) is 0 Å². The Morgan fingerprint density at radius 1 is 1.67 bits per heavy atom.